The minimum absolute atomic E-state index is 0.0947. The summed E-state index contributed by atoms with van der Waals surface area (Å²) in [6, 6.07) is 0. The number of hydrogen-bond donors (Lipinski definition) is 2. The summed E-state index contributed by atoms with van der Waals surface area (Å²) in [4.78, 5) is 17.2. The lowest BCUT2D eigenvalue weighted by Crippen LogP contribution is -2.45. The van der Waals surface area contributed by atoms with Crippen LogP contribution >= 0.6 is 0 Å². The van der Waals surface area contributed by atoms with Gasteiger partial charge in [-0.3, -0.25) is 4.79 Å². The van der Waals surface area contributed by atoms with Crippen LogP contribution in [-0.2, 0) is 14.8 Å². The van der Waals surface area contributed by atoms with Gasteiger partial charge in [0, 0.05) is 45.7 Å². The van der Waals surface area contributed by atoms with E-state index in [-0.39, 0.29) is 18.9 Å². The Labute approximate surface area is 182 Å². The number of benzene rings is 1. The lowest BCUT2D eigenvalue weighted by Gasteiger charge is -2.32. The van der Waals surface area contributed by atoms with Gasteiger partial charge in [-0.2, -0.15) is 0 Å². The predicted octanol–water partition coefficient (Wildman–Crippen LogP) is 1.65. The summed E-state index contributed by atoms with van der Waals surface area (Å²) in [6.07, 6.45) is 1.04. The molecule has 8 heteroatoms. The second-order valence-electron chi connectivity index (χ2n) is 8.45. The number of amides is 1. The first-order valence-electron chi connectivity index (χ1n) is 10.8. The van der Waals surface area contributed by atoms with Crippen molar-refractivity contribution in [3.8, 4) is 0 Å². The quantitative estimate of drug-likeness (QED) is 0.573. The Bertz CT molecular complexity index is 831. The van der Waals surface area contributed by atoms with E-state index in [0.29, 0.717) is 11.4 Å². The zero-order chi connectivity index (χ0) is 22.5. The van der Waals surface area contributed by atoms with Gasteiger partial charge in [-0.05, 0) is 82.4 Å². The van der Waals surface area contributed by atoms with E-state index in [0.717, 1.165) is 67.0 Å². The van der Waals surface area contributed by atoms with Crippen LogP contribution in [0, 0.1) is 34.6 Å². The van der Waals surface area contributed by atoms with E-state index < -0.39 is 10.0 Å². The smallest absolute Gasteiger partial charge is 0.241 e. The van der Waals surface area contributed by atoms with Crippen molar-refractivity contribution in [2.75, 3.05) is 52.9 Å². The summed E-state index contributed by atoms with van der Waals surface area (Å²) >= 11 is 0. The number of nitrogens with zero attached hydrogens (tertiary/aromatic N) is 2. The largest absolute Gasteiger partial charge is 0.356 e. The third kappa shape index (κ3) is 6.26. The number of likely N-dealkylation sites (N-methyl/N-ethyl adjacent to an activating group) is 1. The topological polar surface area (TPSA) is 81.7 Å². The van der Waals surface area contributed by atoms with Crippen molar-refractivity contribution in [2.45, 2.75) is 52.4 Å². The molecule has 170 valence electrons. The van der Waals surface area contributed by atoms with Crippen molar-refractivity contribution in [1.29, 1.82) is 0 Å². The molecule has 2 N–H and O–H groups in total. The first kappa shape index (κ1) is 24.8. The number of piperazine rings is 1. The van der Waals surface area contributed by atoms with E-state index >= 15 is 0 Å². The number of nitrogens with one attached hydrogen (secondary N) is 2. The van der Waals surface area contributed by atoms with E-state index in [4.69, 9.17) is 0 Å². The Balaban J connectivity index is 1.78. The molecule has 0 radical (unpaired) electrons. The summed E-state index contributed by atoms with van der Waals surface area (Å²) in [6.45, 7) is 15.6. The highest BCUT2D eigenvalue weighted by Gasteiger charge is 2.23. The highest BCUT2D eigenvalue weighted by Crippen LogP contribution is 2.29. The number of carbonyl (C=O) groups is 1. The summed E-state index contributed by atoms with van der Waals surface area (Å²) in [5.74, 6) is -0.124. The molecule has 1 saturated heterocycles. The van der Waals surface area contributed by atoms with Crippen LogP contribution in [0.15, 0.2) is 4.90 Å². The van der Waals surface area contributed by atoms with Crippen molar-refractivity contribution in [3.63, 3.8) is 0 Å². The minimum Gasteiger partial charge on any atom is -0.356 e. The second-order valence-corrected chi connectivity index (χ2v) is 10.2. The van der Waals surface area contributed by atoms with Crippen LogP contribution in [0.2, 0.25) is 0 Å². The van der Waals surface area contributed by atoms with Gasteiger partial charge in [0.25, 0.3) is 0 Å². The second kappa shape index (κ2) is 10.7. The third-order valence-corrected chi connectivity index (χ3v) is 8.15. The summed E-state index contributed by atoms with van der Waals surface area (Å²) in [7, 11) is -1.53. The molecule has 1 aromatic carbocycles. The molecule has 1 aliphatic rings. The molecule has 0 unspecified atom stereocenters. The molecule has 1 fully saturated rings. The fourth-order valence-corrected chi connectivity index (χ4v) is 5.56. The maximum atomic E-state index is 12.9. The van der Waals surface area contributed by atoms with Gasteiger partial charge in [0.2, 0.25) is 15.9 Å². The van der Waals surface area contributed by atoms with E-state index in [1.807, 2.05) is 34.6 Å². The van der Waals surface area contributed by atoms with Gasteiger partial charge < -0.3 is 15.1 Å². The van der Waals surface area contributed by atoms with Crippen LogP contribution < -0.4 is 10.0 Å². The fraction of sp³-hybridized carbons (Fsp3) is 0.682. The Morgan fingerprint density at radius 3 is 1.97 bits per heavy atom. The van der Waals surface area contributed by atoms with Crippen LogP contribution in [0.4, 0.5) is 0 Å². The molecule has 0 spiro atoms. The van der Waals surface area contributed by atoms with Gasteiger partial charge in [0.05, 0.1) is 4.90 Å². The molecule has 7 nitrogen and oxygen atoms in total. The first-order chi connectivity index (χ1) is 14.0. The van der Waals surface area contributed by atoms with Gasteiger partial charge in [0.15, 0.2) is 0 Å². The lowest BCUT2D eigenvalue weighted by molar-refractivity contribution is -0.120. The third-order valence-electron chi connectivity index (χ3n) is 6.41. The SMILES string of the molecule is Cc1c(C)c(C)c(S(=O)(=O)NCCC(=O)NCCCN2CCN(C)CC2)c(C)c1C. The molecule has 0 aliphatic carbocycles. The van der Waals surface area contributed by atoms with E-state index in [1.54, 1.807) is 0 Å². The monoisotopic (exact) mass is 438 g/mol. The van der Waals surface area contributed by atoms with Crippen molar-refractivity contribution < 1.29 is 13.2 Å². The summed E-state index contributed by atoms with van der Waals surface area (Å²) in [5.41, 5.74) is 4.67. The Morgan fingerprint density at radius 1 is 0.867 bits per heavy atom. The fourth-order valence-electron chi connectivity index (χ4n) is 3.93. The molecule has 1 aromatic rings. The maximum absolute atomic E-state index is 12.9. The van der Waals surface area contributed by atoms with Gasteiger partial charge in [-0.1, -0.05) is 0 Å². The first-order valence-corrected chi connectivity index (χ1v) is 12.3. The highest BCUT2D eigenvalue weighted by molar-refractivity contribution is 7.89. The minimum atomic E-state index is -3.66. The normalized spacial score (nSPS) is 16.1. The van der Waals surface area contributed by atoms with E-state index in [9.17, 15) is 13.2 Å². The van der Waals surface area contributed by atoms with Crippen LogP contribution in [0.5, 0.6) is 0 Å². The molecular formula is C22H38N4O3S. The number of rotatable bonds is 9. The van der Waals surface area contributed by atoms with Gasteiger partial charge >= 0.3 is 0 Å². The molecule has 30 heavy (non-hydrogen) atoms. The van der Waals surface area contributed by atoms with E-state index in [2.05, 4.69) is 26.9 Å². The molecule has 2 rings (SSSR count). The van der Waals surface area contributed by atoms with Gasteiger partial charge in [0.1, 0.15) is 0 Å². The van der Waals surface area contributed by atoms with Crippen molar-refractivity contribution in [3.05, 3.63) is 27.8 Å². The van der Waals surface area contributed by atoms with Crippen LogP contribution in [-0.4, -0.2) is 77.0 Å². The lowest BCUT2D eigenvalue weighted by atomic mass is 9.95. The molecule has 0 atom stereocenters. The number of carbonyl (C=O) groups excluding carboxylic acids is 1. The maximum Gasteiger partial charge on any atom is 0.241 e. The van der Waals surface area contributed by atoms with Gasteiger partial charge in [-0.25, -0.2) is 13.1 Å². The summed E-state index contributed by atoms with van der Waals surface area (Å²) < 4.78 is 28.4. The van der Waals surface area contributed by atoms with Crippen molar-refractivity contribution in [1.82, 2.24) is 19.8 Å². The molecule has 1 aliphatic heterocycles. The Hall–Kier alpha value is -1.48. The zero-order valence-corrected chi connectivity index (χ0v) is 20.2. The number of hydrogen-bond acceptors (Lipinski definition) is 5. The summed E-state index contributed by atoms with van der Waals surface area (Å²) in [5, 5.41) is 2.89. The molecule has 1 heterocycles. The van der Waals surface area contributed by atoms with E-state index in [1.165, 1.54) is 0 Å². The van der Waals surface area contributed by atoms with Crippen molar-refractivity contribution >= 4 is 15.9 Å². The predicted molar refractivity (Wildman–Crippen MR) is 121 cm³/mol. The Morgan fingerprint density at radius 2 is 1.40 bits per heavy atom. The highest BCUT2D eigenvalue weighted by atomic mass is 32.2. The van der Waals surface area contributed by atoms with Crippen LogP contribution in [0.3, 0.4) is 0 Å². The average molecular weight is 439 g/mol. The average Bonchev–Trinajstić information content (AvgIpc) is 2.69. The molecule has 0 saturated carbocycles. The van der Waals surface area contributed by atoms with Crippen LogP contribution in [0.25, 0.3) is 0 Å². The molecule has 0 bridgehead atoms. The zero-order valence-electron chi connectivity index (χ0n) is 19.4. The molecule has 1 amide bonds. The van der Waals surface area contributed by atoms with Crippen molar-refractivity contribution in [2.24, 2.45) is 0 Å². The number of sulfonamides is 1. The molecule has 0 aromatic heterocycles. The standard InChI is InChI=1S/C22H38N4O3S/c1-16-17(2)19(4)22(20(5)18(16)3)30(28,29)24-10-8-21(27)23-9-7-11-26-14-12-25(6)13-15-26/h24H,7-15H2,1-6H3,(H,23,27). The van der Waals surface area contributed by atoms with Crippen LogP contribution in [0.1, 0.15) is 40.7 Å². The Kier molecular flexibility index (Phi) is 8.85. The van der Waals surface area contributed by atoms with Gasteiger partial charge in [-0.15, -0.1) is 0 Å². The molecular weight excluding hydrogens is 400 g/mol.